The highest BCUT2D eigenvalue weighted by molar-refractivity contribution is 6.30. The van der Waals surface area contributed by atoms with Crippen LogP contribution in [0.5, 0.6) is 0 Å². The predicted octanol–water partition coefficient (Wildman–Crippen LogP) is 4.01. The van der Waals surface area contributed by atoms with Crippen LogP contribution in [-0.2, 0) is 6.42 Å². The van der Waals surface area contributed by atoms with Crippen molar-refractivity contribution in [2.45, 2.75) is 20.3 Å². The highest BCUT2D eigenvalue weighted by atomic mass is 35.5. The summed E-state index contributed by atoms with van der Waals surface area (Å²) in [4.78, 5) is 24.8. The van der Waals surface area contributed by atoms with E-state index in [-0.39, 0.29) is 5.69 Å². The fraction of sp³-hybridized carbons (Fsp3) is 0.150. The molecule has 0 aliphatic heterocycles. The Labute approximate surface area is 156 Å². The number of hydrogen-bond acceptors (Lipinski definition) is 3. The fourth-order valence-electron chi connectivity index (χ4n) is 2.56. The lowest BCUT2D eigenvalue weighted by Gasteiger charge is -2.11. The number of nitrogens with zero attached hydrogens (tertiary/aromatic N) is 2. The van der Waals surface area contributed by atoms with Gasteiger partial charge in [-0.15, -0.1) is 0 Å². The van der Waals surface area contributed by atoms with Gasteiger partial charge in [0.05, 0.1) is 5.69 Å². The van der Waals surface area contributed by atoms with Crippen LogP contribution in [0, 0.1) is 6.92 Å². The summed E-state index contributed by atoms with van der Waals surface area (Å²) >= 11 is 5.91. The summed E-state index contributed by atoms with van der Waals surface area (Å²) in [6.45, 7) is 3.82. The number of nitrogens with one attached hydrogen (secondary N) is 1. The van der Waals surface area contributed by atoms with Crippen LogP contribution >= 0.6 is 11.6 Å². The van der Waals surface area contributed by atoms with Crippen LogP contribution in [0.25, 0.3) is 5.69 Å². The Kier molecular flexibility index (Phi) is 5.19. The van der Waals surface area contributed by atoms with E-state index in [4.69, 9.17) is 11.6 Å². The monoisotopic (exact) mass is 367 g/mol. The molecule has 132 valence electrons. The van der Waals surface area contributed by atoms with Gasteiger partial charge in [0.15, 0.2) is 5.69 Å². The second-order valence-electron chi connectivity index (χ2n) is 5.89. The third-order valence-electron chi connectivity index (χ3n) is 4.01. The highest BCUT2D eigenvalue weighted by Crippen LogP contribution is 2.14. The molecule has 0 unspecified atom stereocenters. The Morgan fingerprint density at radius 3 is 2.38 bits per heavy atom. The number of hydrogen-bond donors (Lipinski definition) is 1. The molecule has 0 aliphatic rings. The first kappa shape index (κ1) is 17.9. The number of anilines is 1. The van der Waals surface area contributed by atoms with E-state index in [1.165, 1.54) is 11.6 Å². The molecule has 26 heavy (non-hydrogen) atoms. The van der Waals surface area contributed by atoms with Crippen LogP contribution in [0.2, 0.25) is 5.02 Å². The van der Waals surface area contributed by atoms with E-state index in [1.54, 1.807) is 35.9 Å². The van der Waals surface area contributed by atoms with Crippen molar-refractivity contribution in [2.75, 3.05) is 5.32 Å². The fourth-order valence-corrected chi connectivity index (χ4v) is 2.69. The molecule has 1 heterocycles. The van der Waals surface area contributed by atoms with Crippen molar-refractivity contribution >= 4 is 23.2 Å². The van der Waals surface area contributed by atoms with Gasteiger partial charge in [-0.25, -0.2) is 4.68 Å². The number of halogens is 1. The minimum Gasteiger partial charge on any atom is -0.320 e. The van der Waals surface area contributed by atoms with Crippen molar-refractivity contribution in [3.63, 3.8) is 0 Å². The summed E-state index contributed by atoms with van der Waals surface area (Å²) in [7, 11) is 0. The zero-order valence-electron chi connectivity index (χ0n) is 14.5. The molecule has 3 aromatic rings. The zero-order chi connectivity index (χ0) is 18.7. The number of carbonyl (C=O) groups is 1. The van der Waals surface area contributed by atoms with Gasteiger partial charge in [0.2, 0.25) is 5.43 Å². The van der Waals surface area contributed by atoms with E-state index in [0.29, 0.717) is 22.1 Å². The number of carbonyl (C=O) groups excluding carboxylic acids is 1. The summed E-state index contributed by atoms with van der Waals surface area (Å²) in [6, 6.07) is 15.9. The van der Waals surface area contributed by atoms with Gasteiger partial charge < -0.3 is 5.32 Å². The van der Waals surface area contributed by atoms with Crippen molar-refractivity contribution in [3.8, 4) is 5.69 Å². The van der Waals surface area contributed by atoms with Crippen LogP contribution in [0.1, 0.15) is 28.7 Å². The number of aromatic nitrogens is 2. The van der Waals surface area contributed by atoms with E-state index in [0.717, 1.165) is 6.42 Å². The highest BCUT2D eigenvalue weighted by Gasteiger charge is 2.15. The molecule has 0 aliphatic carbocycles. The third-order valence-corrected chi connectivity index (χ3v) is 4.27. The lowest BCUT2D eigenvalue weighted by molar-refractivity contribution is 0.101. The van der Waals surface area contributed by atoms with E-state index in [9.17, 15) is 9.59 Å². The molecule has 0 atom stereocenters. The standard InChI is InChI=1S/C20H18ClN3O2/c1-3-14-4-8-16(9-5-14)22-20(26)19-18(25)12-13(2)24(23-19)17-10-6-15(21)7-11-17/h4-12H,3H2,1-2H3,(H,22,26). The number of benzene rings is 2. The average Bonchev–Trinajstić information content (AvgIpc) is 2.63. The van der Waals surface area contributed by atoms with Crippen molar-refractivity contribution < 1.29 is 4.79 Å². The van der Waals surface area contributed by atoms with Gasteiger partial charge >= 0.3 is 0 Å². The minimum atomic E-state index is -0.540. The van der Waals surface area contributed by atoms with Crippen molar-refractivity contribution in [1.29, 1.82) is 0 Å². The first-order valence-corrected chi connectivity index (χ1v) is 8.63. The summed E-state index contributed by atoms with van der Waals surface area (Å²) in [5, 5.41) is 7.57. The molecule has 0 saturated heterocycles. The summed E-state index contributed by atoms with van der Waals surface area (Å²) < 4.78 is 1.55. The molecule has 5 nitrogen and oxygen atoms in total. The van der Waals surface area contributed by atoms with Gasteiger partial charge in [-0.2, -0.15) is 5.10 Å². The van der Waals surface area contributed by atoms with Gasteiger partial charge in [-0.3, -0.25) is 9.59 Å². The molecule has 3 rings (SSSR count). The molecule has 0 saturated carbocycles. The first-order valence-electron chi connectivity index (χ1n) is 8.25. The second kappa shape index (κ2) is 7.54. The van der Waals surface area contributed by atoms with Crippen LogP contribution in [0.4, 0.5) is 5.69 Å². The summed E-state index contributed by atoms with van der Waals surface area (Å²) in [6.07, 6.45) is 0.916. The van der Waals surface area contributed by atoms with Gasteiger partial charge in [-0.05, 0) is 55.3 Å². The lowest BCUT2D eigenvalue weighted by atomic mass is 10.1. The van der Waals surface area contributed by atoms with Gasteiger partial charge in [-0.1, -0.05) is 30.7 Å². The number of amides is 1. The Morgan fingerprint density at radius 1 is 1.12 bits per heavy atom. The smallest absolute Gasteiger partial charge is 0.280 e. The van der Waals surface area contributed by atoms with Crippen LogP contribution in [0.15, 0.2) is 59.4 Å². The molecule has 6 heteroatoms. The lowest BCUT2D eigenvalue weighted by Crippen LogP contribution is -2.26. The largest absolute Gasteiger partial charge is 0.320 e. The van der Waals surface area contributed by atoms with E-state index in [1.807, 2.05) is 24.3 Å². The molecular weight excluding hydrogens is 350 g/mol. The quantitative estimate of drug-likeness (QED) is 0.757. The molecule has 0 radical (unpaired) electrons. The molecule has 0 spiro atoms. The minimum absolute atomic E-state index is 0.162. The summed E-state index contributed by atoms with van der Waals surface area (Å²) in [5.74, 6) is -0.540. The van der Waals surface area contributed by atoms with Crippen LogP contribution in [0.3, 0.4) is 0 Å². The molecule has 0 bridgehead atoms. The SMILES string of the molecule is CCc1ccc(NC(=O)c2nn(-c3ccc(Cl)cc3)c(C)cc2=O)cc1. The van der Waals surface area contributed by atoms with Gasteiger partial charge in [0, 0.05) is 22.5 Å². The maximum absolute atomic E-state index is 12.5. The van der Waals surface area contributed by atoms with Crippen molar-refractivity contribution in [2.24, 2.45) is 0 Å². The normalized spacial score (nSPS) is 10.6. The Morgan fingerprint density at radius 2 is 1.77 bits per heavy atom. The zero-order valence-corrected chi connectivity index (χ0v) is 15.2. The predicted molar refractivity (Wildman–Crippen MR) is 103 cm³/mol. The van der Waals surface area contributed by atoms with Gasteiger partial charge in [0.1, 0.15) is 0 Å². The maximum atomic E-state index is 12.5. The van der Waals surface area contributed by atoms with E-state index in [2.05, 4.69) is 17.3 Å². The van der Waals surface area contributed by atoms with E-state index >= 15 is 0 Å². The van der Waals surface area contributed by atoms with E-state index < -0.39 is 11.3 Å². The second-order valence-corrected chi connectivity index (χ2v) is 6.33. The molecule has 0 fully saturated rings. The molecule has 1 N–H and O–H groups in total. The van der Waals surface area contributed by atoms with Crippen LogP contribution < -0.4 is 10.7 Å². The first-order chi connectivity index (χ1) is 12.5. The topological polar surface area (TPSA) is 64.0 Å². The third kappa shape index (κ3) is 3.83. The maximum Gasteiger partial charge on any atom is 0.280 e. The Hall–Kier alpha value is -2.92. The van der Waals surface area contributed by atoms with Crippen molar-refractivity contribution in [3.05, 3.63) is 86.8 Å². The summed E-state index contributed by atoms with van der Waals surface area (Å²) in [5.41, 5.74) is 2.54. The van der Waals surface area contributed by atoms with Gasteiger partial charge in [0.25, 0.3) is 5.91 Å². The Bertz CT molecular complexity index is 993. The Balaban J connectivity index is 1.93. The molecule has 1 aromatic heterocycles. The molecule has 2 aromatic carbocycles. The molecular formula is C20H18ClN3O2. The molecule has 1 amide bonds. The van der Waals surface area contributed by atoms with Crippen molar-refractivity contribution in [1.82, 2.24) is 9.78 Å². The number of aryl methyl sites for hydroxylation is 2. The van der Waals surface area contributed by atoms with Crippen LogP contribution in [-0.4, -0.2) is 15.7 Å². The number of rotatable bonds is 4. The average molecular weight is 368 g/mol.